The molecule has 0 spiro atoms. The van der Waals surface area contributed by atoms with Gasteiger partial charge in [0.25, 0.3) is 0 Å². The minimum atomic E-state index is -0.387. The van der Waals surface area contributed by atoms with E-state index in [1.165, 1.54) is 44.9 Å². The number of hydrogen-bond donors (Lipinski definition) is 0. The number of likely N-dealkylation sites (tertiary alicyclic amines) is 2. The maximum atomic E-state index is 11.9. The Bertz CT molecular complexity index is 573. The molecule has 0 aromatic carbocycles. The molecule has 192 valence electrons. The molecule has 0 aromatic rings. The van der Waals surface area contributed by atoms with E-state index < -0.39 is 0 Å². The second kappa shape index (κ2) is 14.3. The molecule has 2 heterocycles. The molecule has 0 saturated carbocycles. The molecule has 0 bridgehead atoms. The Labute approximate surface area is 202 Å². The lowest BCUT2D eigenvalue weighted by atomic mass is 9.87. The lowest BCUT2D eigenvalue weighted by Gasteiger charge is -2.33. The van der Waals surface area contributed by atoms with E-state index in [1.54, 1.807) is 0 Å². The van der Waals surface area contributed by atoms with Crippen LogP contribution >= 0.6 is 0 Å². The maximum Gasteiger partial charge on any atom is 0.307 e. The summed E-state index contributed by atoms with van der Waals surface area (Å²) < 4.78 is 10.8. The summed E-state index contributed by atoms with van der Waals surface area (Å²) in [6.45, 7) is 15.9. The van der Waals surface area contributed by atoms with E-state index in [1.807, 2.05) is 34.6 Å². The van der Waals surface area contributed by atoms with Crippen LogP contribution in [-0.4, -0.2) is 72.7 Å². The molecule has 6 nitrogen and oxygen atoms in total. The van der Waals surface area contributed by atoms with Crippen LogP contribution in [0.4, 0.5) is 0 Å². The summed E-state index contributed by atoms with van der Waals surface area (Å²) in [5.74, 6) is 1.56. The molecule has 2 saturated heterocycles. The van der Waals surface area contributed by atoms with Crippen molar-refractivity contribution >= 4 is 11.9 Å². The third-order valence-corrected chi connectivity index (χ3v) is 7.23. The molecule has 0 N–H and O–H groups in total. The van der Waals surface area contributed by atoms with E-state index in [0.29, 0.717) is 12.8 Å². The zero-order valence-electron chi connectivity index (χ0n) is 22.1. The summed E-state index contributed by atoms with van der Waals surface area (Å²) in [5, 5.41) is 0. The van der Waals surface area contributed by atoms with Gasteiger partial charge in [-0.3, -0.25) is 9.59 Å². The van der Waals surface area contributed by atoms with Crippen molar-refractivity contribution in [3.05, 3.63) is 0 Å². The lowest BCUT2D eigenvalue weighted by molar-refractivity contribution is -0.155. The molecule has 2 rings (SSSR count). The Morgan fingerprint density at radius 1 is 0.848 bits per heavy atom. The molecule has 0 aromatic heterocycles. The maximum absolute atomic E-state index is 11.9. The highest BCUT2D eigenvalue weighted by molar-refractivity contribution is 5.70. The smallest absolute Gasteiger partial charge is 0.307 e. The average molecular weight is 467 g/mol. The minimum absolute atomic E-state index is 0.0349. The van der Waals surface area contributed by atoms with Gasteiger partial charge in [0.1, 0.15) is 5.60 Å². The van der Waals surface area contributed by atoms with E-state index in [0.717, 1.165) is 57.5 Å². The molecular weight excluding hydrogens is 416 g/mol. The Balaban J connectivity index is 1.49. The standard InChI is InChI=1S/C27H50N2O4/c1-6-22(2)32-25(30)14-20-28-16-10-23(11-17-28)8-7-9-24-12-18-29(19-13-24)21-15-26(31)33-27(3,4)5/h22-24H,6-21H2,1-5H3. The molecule has 33 heavy (non-hydrogen) atoms. The normalized spacial score (nSPS) is 20.5. The third kappa shape index (κ3) is 12.2. The van der Waals surface area contributed by atoms with Gasteiger partial charge in [0, 0.05) is 13.1 Å². The van der Waals surface area contributed by atoms with Crippen molar-refractivity contribution in [2.24, 2.45) is 11.8 Å². The first-order chi connectivity index (χ1) is 15.6. The molecule has 6 heteroatoms. The van der Waals surface area contributed by atoms with Gasteiger partial charge < -0.3 is 19.3 Å². The van der Waals surface area contributed by atoms with Gasteiger partial charge in [0.2, 0.25) is 0 Å². The van der Waals surface area contributed by atoms with Crippen molar-refractivity contribution in [1.29, 1.82) is 0 Å². The summed E-state index contributed by atoms with van der Waals surface area (Å²) >= 11 is 0. The van der Waals surface area contributed by atoms with Gasteiger partial charge in [0.15, 0.2) is 0 Å². The number of piperidine rings is 2. The van der Waals surface area contributed by atoms with Crippen LogP contribution in [0.3, 0.4) is 0 Å². The van der Waals surface area contributed by atoms with Crippen LogP contribution in [0.5, 0.6) is 0 Å². The first kappa shape index (κ1) is 28.1. The van der Waals surface area contributed by atoms with Crippen molar-refractivity contribution in [2.45, 2.75) is 111 Å². The molecular formula is C27H50N2O4. The number of rotatable bonds is 12. The fourth-order valence-corrected chi connectivity index (χ4v) is 4.95. The molecule has 1 atom stereocenters. The molecule has 2 aliphatic rings. The second-order valence-electron chi connectivity index (χ2n) is 11.3. The van der Waals surface area contributed by atoms with Crippen molar-refractivity contribution in [2.75, 3.05) is 39.3 Å². The quantitative estimate of drug-likeness (QED) is 0.375. The van der Waals surface area contributed by atoms with Crippen LogP contribution < -0.4 is 0 Å². The van der Waals surface area contributed by atoms with Crippen LogP contribution in [0.2, 0.25) is 0 Å². The fraction of sp³-hybridized carbons (Fsp3) is 0.926. The summed E-state index contributed by atoms with van der Waals surface area (Å²) in [7, 11) is 0. The summed E-state index contributed by atoms with van der Waals surface area (Å²) in [4.78, 5) is 28.7. The third-order valence-electron chi connectivity index (χ3n) is 7.23. The van der Waals surface area contributed by atoms with Crippen molar-refractivity contribution in [3.8, 4) is 0 Å². The Kier molecular flexibility index (Phi) is 12.2. The number of carbonyl (C=O) groups excluding carboxylic acids is 2. The lowest BCUT2D eigenvalue weighted by Crippen LogP contribution is -2.36. The van der Waals surface area contributed by atoms with Gasteiger partial charge in [0.05, 0.1) is 18.9 Å². The Hall–Kier alpha value is -1.14. The van der Waals surface area contributed by atoms with Crippen molar-refractivity contribution in [1.82, 2.24) is 9.80 Å². The van der Waals surface area contributed by atoms with E-state index >= 15 is 0 Å². The van der Waals surface area contributed by atoms with E-state index in [4.69, 9.17) is 9.47 Å². The molecule has 0 amide bonds. The van der Waals surface area contributed by atoms with Gasteiger partial charge in [-0.05, 0) is 97.8 Å². The van der Waals surface area contributed by atoms with E-state index in [9.17, 15) is 9.59 Å². The van der Waals surface area contributed by atoms with Gasteiger partial charge in [-0.1, -0.05) is 26.2 Å². The van der Waals surface area contributed by atoms with Gasteiger partial charge in [-0.15, -0.1) is 0 Å². The Morgan fingerprint density at radius 3 is 1.73 bits per heavy atom. The molecule has 2 aliphatic heterocycles. The predicted octanol–water partition coefficient (Wildman–Crippen LogP) is 5.04. The highest BCUT2D eigenvalue weighted by atomic mass is 16.6. The fourth-order valence-electron chi connectivity index (χ4n) is 4.95. The van der Waals surface area contributed by atoms with Gasteiger partial charge in [-0.25, -0.2) is 0 Å². The van der Waals surface area contributed by atoms with Crippen LogP contribution in [-0.2, 0) is 19.1 Å². The highest BCUT2D eigenvalue weighted by Gasteiger charge is 2.23. The molecule has 2 fully saturated rings. The van der Waals surface area contributed by atoms with E-state index in [-0.39, 0.29) is 23.6 Å². The Morgan fingerprint density at radius 2 is 1.30 bits per heavy atom. The van der Waals surface area contributed by atoms with Gasteiger partial charge in [-0.2, -0.15) is 0 Å². The minimum Gasteiger partial charge on any atom is -0.463 e. The van der Waals surface area contributed by atoms with Crippen molar-refractivity contribution < 1.29 is 19.1 Å². The number of carbonyl (C=O) groups is 2. The van der Waals surface area contributed by atoms with Crippen LogP contribution in [0, 0.1) is 11.8 Å². The first-order valence-electron chi connectivity index (χ1n) is 13.5. The predicted molar refractivity (Wildman–Crippen MR) is 133 cm³/mol. The number of ether oxygens (including phenoxy) is 2. The average Bonchev–Trinajstić information content (AvgIpc) is 2.77. The zero-order valence-corrected chi connectivity index (χ0v) is 22.1. The number of nitrogens with zero attached hydrogens (tertiary/aromatic N) is 2. The van der Waals surface area contributed by atoms with Crippen molar-refractivity contribution in [3.63, 3.8) is 0 Å². The van der Waals surface area contributed by atoms with Crippen LogP contribution in [0.1, 0.15) is 98.8 Å². The topological polar surface area (TPSA) is 59.1 Å². The van der Waals surface area contributed by atoms with Gasteiger partial charge >= 0.3 is 11.9 Å². The molecule has 0 aliphatic carbocycles. The second-order valence-corrected chi connectivity index (χ2v) is 11.3. The number of hydrogen-bond acceptors (Lipinski definition) is 6. The zero-order chi connectivity index (χ0) is 24.3. The van der Waals surface area contributed by atoms with E-state index in [2.05, 4.69) is 9.80 Å². The van der Waals surface area contributed by atoms with Crippen LogP contribution in [0.25, 0.3) is 0 Å². The monoisotopic (exact) mass is 466 g/mol. The number of esters is 2. The van der Waals surface area contributed by atoms with Crippen LogP contribution in [0.15, 0.2) is 0 Å². The molecule has 1 unspecified atom stereocenters. The first-order valence-corrected chi connectivity index (χ1v) is 13.5. The summed E-state index contributed by atoms with van der Waals surface area (Å²) in [6.07, 6.45) is 11.0. The summed E-state index contributed by atoms with van der Waals surface area (Å²) in [5.41, 5.74) is -0.387. The molecule has 0 radical (unpaired) electrons. The highest BCUT2D eigenvalue weighted by Crippen LogP contribution is 2.27. The summed E-state index contributed by atoms with van der Waals surface area (Å²) in [6, 6.07) is 0. The largest absolute Gasteiger partial charge is 0.463 e. The SMILES string of the molecule is CCC(C)OC(=O)CCN1CCC(CCCC2CCN(CCC(=O)OC(C)(C)C)CC2)CC1.